The van der Waals surface area contributed by atoms with Crippen LogP contribution in [0.3, 0.4) is 0 Å². The van der Waals surface area contributed by atoms with Crippen LogP contribution in [0.15, 0.2) is 0 Å². The average molecular weight is 269 g/mol. The molecule has 19 heavy (non-hydrogen) atoms. The first-order valence-electron chi connectivity index (χ1n) is 7.04. The van der Waals surface area contributed by atoms with Gasteiger partial charge in [0.05, 0.1) is 5.92 Å². The van der Waals surface area contributed by atoms with E-state index >= 15 is 0 Å². The van der Waals surface area contributed by atoms with Gasteiger partial charge >= 0.3 is 12.1 Å². The molecule has 1 N–H and O–H groups in total. The summed E-state index contributed by atoms with van der Waals surface area (Å²) in [6.07, 6.45) is 3.74. The number of aliphatic carboxylic acids is 1. The van der Waals surface area contributed by atoms with Crippen LogP contribution >= 0.6 is 0 Å². The van der Waals surface area contributed by atoms with Gasteiger partial charge in [-0.2, -0.15) is 0 Å². The molecular formula is C14H23NO4. The number of carbonyl (C=O) groups excluding carboxylic acids is 1. The van der Waals surface area contributed by atoms with Gasteiger partial charge in [0.1, 0.15) is 5.60 Å². The van der Waals surface area contributed by atoms with Crippen molar-refractivity contribution in [2.24, 2.45) is 5.92 Å². The highest BCUT2D eigenvalue weighted by molar-refractivity contribution is 5.74. The summed E-state index contributed by atoms with van der Waals surface area (Å²) in [5.74, 6) is -1.24. The van der Waals surface area contributed by atoms with Gasteiger partial charge in [-0.25, -0.2) is 4.79 Å². The van der Waals surface area contributed by atoms with E-state index in [1.807, 2.05) is 20.8 Å². The van der Waals surface area contributed by atoms with Crippen molar-refractivity contribution in [3.05, 3.63) is 0 Å². The molecule has 0 radical (unpaired) electrons. The molecule has 0 saturated carbocycles. The summed E-state index contributed by atoms with van der Waals surface area (Å²) in [5.41, 5.74) is -0.540. The van der Waals surface area contributed by atoms with E-state index in [1.54, 1.807) is 4.90 Å². The summed E-state index contributed by atoms with van der Waals surface area (Å²) in [4.78, 5) is 25.4. The van der Waals surface area contributed by atoms with Gasteiger partial charge in [-0.3, -0.25) is 4.79 Å². The Kier molecular flexibility index (Phi) is 3.74. The van der Waals surface area contributed by atoms with Crippen LogP contribution in [0.25, 0.3) is 0 Å². The minimum absolute atomic E-state index is 0.157. The molecule has 2 saturated heterocycles. The third kappa shape index (κ3) is 3.01. The molecule has 2 aliphatic rings. The predicted molar refractivity (Wildman–Crippen MR) is 69.9 cm³/mol. The van der Waals surface area contributed by atoms with Gasteiger partial charge in [0, 0.05) is 12.1 Å². The molecule has 0 aromatic carbocycles. The molecule has 0 unspecified atom stereocenters. The van der Waals surface area contributed by atoms with E-state index in [1.165, 1.54) is 0 Å². The fourth-order valence-electron chi connectivity index (χ4n) is 3.24. The maximum Gasteiger partial charge on any atom is 0.410 e. The molecule has 108 valence electrons. The molecule has 0 aliphatic carbocycles. The number of ether oxygens (including phenoxy) is 1. The second-order valence-electron chi connectivity index (χ2n) is 6.56. The van der Waals surface area contributed by atoms with Gasteiger partial charge in [0.15, 0.2) is 0 Å². The van der Waals surface area contributed by atoms with Crippen LogP contribution < -0.4 is 0 Å². The zero-order valence-corrected chi connectivity index (χ0v) is 11.9. The third-order valence-electron chi connectivity index (χ3n) is 3.98. The number of carbonyl (C=O) groups is 2. The standard InChI is InChI=1S/C14H23NO4/c1-14(2,3)19-13(18)15-9-5-4-6-10(12(16)17)11(15)8-7-9/h9-11H,4-8H2,1-3H3,(H,16,17)/t9-,10+,11-/m1/s1. The fraction of sp³-hybridized carbons (Fsp3) is 0.857. The number of carboxylic acid groups (broad SMARTS) is 1. The average Bonchev–Trinajstić information content (AvgIpc) is 2.51. The van der Waals surface area contributed by atoms with Crippen molar-refractivity contribution in [2.45, 2.75) is 70.6 Å². The number of carboxylic acids is 1. The highest BCUT2D eigenvalue weighted by atomic mass is 16.6. The number of hydrogen-bond acceptors (Lipinski definition) is 3. The summed E-state index contributed by atoms with van der Waals surface area (Å²) >= 11 is 0. The number of rotatable bonds is 1. The molecule has 0 aromatic heterocycles. The van der Waals surface area contributed by atoms with E-state index in [9.17, 15) is 14.7 Å². The molecule has 5 nitrogen and oxygen atoms in total. The van der Waals surface area contributed by atoms with Crippen LogP contribution in [0.5, 0.6) is 0 Å². The quantitative estimate of drug-likeness (QED) is 0.794. The first-order valence-corrected chi connectivity index (χ1v) is 7.04. The Morgan fingerprint density at radius 2 is 1.84 bits per heavy atom. The molecule has 2 heterocycles. The summed E-state index contributed by atoms with van der Waals surface area (Å²) in [6.45, 7) is 5.50. The minimum Gasteiger partial charge on any atom is -0.481 e. The van der Waals surface area contributed by atoms with E-state index in [-0.39, 0.29) is 18.2 Å². The predicted octanol–water partition coefficient (Wildman–Crippen LogP) is 2.64. The van der Waals surface area contributed by atoms with Crippen LogP contribution in [-0.2, 0) is 9.53 Å². The zero-order valence-electron chi connectivity index (χ0n) is 11.9. The Bertz CT molecular complexity index is 374. The van der Waals surface area contributed by atoms with Crippen LogP contribution in [0.1, 0.15) is 52.9 Å². The summed E-state index contributed by atoms with van der Waals surface area (Å²) < 4.78 is 5.44. The maximum atomic E-state index is 12.3. The number of fused-ring (bicyclic) bond motifs is 2. The van der Waals surface area contributed by atoms with Crippen molar-refractivity contribution in [3.63, 3.8) is 0 Å². The number of hydrogen-bond donors (Lipinski definition) is 1. The lowest BCUT2D eigenvalue weighted by atomic mass is 9.91. The molecular weight excluding hydrogens is 246 g/mol. The number of amides is 1. The largest absolute Gasteiger partial charge is 0.481 e. The molecule has 2 fully saturated rings. The topological polar surface area (TPSA) is 66.8 Å². The second-order valence-corrected chi connectivity index (χ2v) is 6.56. The molecule has 2 aliphatic heterocycles. The van der Waals surface area contributed by atoms with Crippen molar-refractivity contribution in [3.8, 4) is 0 Å². The van der Waals surface area contributed by atoms with Crippen LogP contribution in [0, 0.1) is 5.92 Å². The van der Waals surface area contributed by atoms with Crippen molar-refractivity contribution in [1.29, 1.82) is 0 Å². The third-order valence-corrected chi connectivity index (χ3v) is 3.98. The van der Waals surface area contributed by atoms with E-state index in [0.717, 1.165) is 25.7 Å². The normalized spacial score (nSPS) is 30.9. The molecule has 5 heteroatoms. The van der Waals surface area contributed by atoms with E-state index in [2.05, 4.69) is 0 Å². The first kappa shape index (κ1) is 14.2. The fourth-order valence-corrected chi connectivity index (χ4v) is 3.24. The van der Waals surface area contributed by atoms with Gasteiger partial charge in [-0.15, -0.1) is 0 Å². The summed E-state index contributed by atoms with van der Waals surface area (Å²) in [7, 11) is 0. The second kappa shape index (κ2) is 5.02. The van der Waals surface area contributed by atoms with E-state index in [4.69, 9.17) is 4.74 Å². The monoisotopic (exact) mass is 269 g/mol. The van der Waals surface area contributed by atoms with Crippen molar-refractivity contribution in [1.82, 2.24) is 4.90 Å². The van der Waals surface area contributed by atoms with Crippen molar-refractivity contribution < 1.29 is 19.4 Å². The lowest BCUT2D eigenvalue weighted by Crippen LogP contribution is -2.47. The summed E-state index contributed by atoms with van der Waals surface area (Å²) in [5, 5.41) is 9.34. The molecule has 0 aromatic rings. The Balaban J connectivity index is 2.18. The molecule has 2 bridgehead atoms. The van der Waals surface area contributed by atoms with Crippen molar-refractivity contribution >= 4 is 12.1 Å². The highest BCUT2D eigenvalue weighted by Gasteiger charge is 2.46. The SMILES string of the molecule is CC(C)(C)OC(=O)N1[C@@H]2CCC[C@H](C(=O)O)[C@H]1CC2. The molecule has 3 atom stereocenters. The Morgan fingerprint density at radius 1 is 1.16 bits per heavy atom. The molecule has 0 spiro atoms. The summed E-state index contributed by atoms with van der Waals surface area (Å²) in [6, 6.07) is -0.0379. The van der Waals surface area contributed by atoms with Crippen molar-refractivity contribution in [2.75, 3.05) is 0 Å². The lowest BCUT2D eigenvalue weighted by Gasteiger charge is -2.32. The molecule has 1 amide bonds. The Hall–Kier alpha value is -1.26. The molecule has 2 rings (SSSR count). The van der Waals surface area contributed by atoms with Gasteiger partial charge in [-0.1, -0.05) is 6.42 Å². The van der Waals surface area contributed by atoms with Gasteiger partial charge in [0.25, 0.3) is 0 Å². The van der Waals surface area contributed by atoms with Crippen LogP contribution in [0.4, 0.5) is 4.79 Å². The van der Waals surface area contributed by atoms with Gasteiger partial charge in [0.2, 0.25) is 0 Å². The smallest absolute Gasteiger partial charge is 0.410 e. The lowest BCUT2D eigenvalue weighted by molar-refractivity contribution is -0.143. The van der Waals surface area contributed by atoms with Gasteiger partial charge in [-0.05, 0) is 46.5 Å². The van der Waals surface area contributed by atoms with Crippen LogP contribution in [-0.4, -0.2) is 39.8 Å². The van der Waals surface area contributed by atoms with Crippen LogP contribution in [0.2, 0.25) is 0 Å². The highest BCUT2D eigenvalue weighted by Crippen LogP contribution is 2.38. The zero-order chi connectivity index (χ0) is 14.2. The maximum absolute atomic E-state index is 12.3. The van der Waals surface area contributed by atoms with E-state index in [0.29, 0.717) is 6.42 Å². The number of nitrogens with zero attached hydrogens (tertiary/aromatic N) is 1. The van der Waals surface area contributed by atoms with E-state index < -0.39 is 17.5 Å². The van der Waals surface area contributed by atoms with Gasteiger partial charge < -0.3 is 14.7 Å². The Labute approximate surface area is 113 Å². The Morgan fingerprint density at radius 3 is 2.42 bits per heavy atom. The first-order chi connectivity index (χ1) is 8.79. The minimum atomic E-state index is -0.791.